The molecule has 0 spiro atoms. The van der Waals surface area contributed by atoms with Gasteiger partial charge in [0.15, 0.2) is 0 Å². The molecular formula is C22H29NO3. The summed E-state index contributed by atoms with van der Waals surface area (Å²) in [6.07, 6.45) is 1.11. The first kappa shape index (κ1) is 20.0. The zero-order chi connectivity index (χ0) is 18.9. The van der Waals surface area contributed by atoms with E-state index in [9.17, 15) is 4.79 Å². The molecule has 0 radical (unpaired) electrons. The van der Waals surface area contributed by atoms with Gasteiger partial charge in [0.05, 0.1) is 0 Å². The topological polar surface area (TPSA) is 61.5 Å². The molecule has 0 fully saturated rings. The second-order valence-corrected chi connectivity index (χ2v) is 6.68. The van der Waals surface area contributed by atoms with Crippen molar-refractivity contribution in [3.05, 3.63) is 66.2 Å². The van der Waals surface area contributed by atoms with Crippen LogP contribution in [0.15, 0.2) is 60.7 Å². The summed E-state index contributed by atoms with van der Waals surface area (Å²) >= 11 is 0. The normalized spacial score (nSPS) is 15.5. The minimum atomic E-state index is -0.649. The van der Waals surface area contributed by atoms with Gasteiger partial charge in [-0.05, 0) is 44.4 Å². The van der Waals surface area contributed by atoms with Gasteiger partial charge in [-0.2, -0.15) is 0 Å². The van der Waals surface area contributed by atoms with Crippen LogP contribution >= 0.6 is 0 Å². The van der Waals surface area contributed by atoms with E-state index in [0.29, 0.717) is 0 Å². The average molecular weight is 355 g/mol. The van der Waals surface area contributed by atoms with Crippen molar-refractivity contribution >= 4 is 5.97 Å². The Kier molecular flexibility index (Phi) is 7.67. The molecular weight excluding hydrogens is 326 g/mol. The van der Waals surface area contributed by atoms with E-state index in [2.05, 4.69) is 19.1 Å². The highest BCUT2D eigenvalue weighted by Crippen LogP contribution is 2.25. The lowest BCUT2D eigenvalue weighted by molar-refractivity contribution is -0.155. The summed E-state index contributed by atoms with van der Waals surface area (Å²) < 4.78 is 11.8. The molecule has 0 bridgehead atoms. The van der Waals surface area contributed by atoms with E-state index in [-0.39, 0.29) is 12.0 Å². The van der Waals surface area contributed by atoms with Crippen molar-refractivity contribution < 1.29 is 14.3 Å². The van der Waals surface area contributed by atoms with E-state index in [1.165, 1.54) is 5.56 Å². The molecule has 26 heavy (non-hydrogen) atoms. The fourth-order valence-corrected chi connectivity index (χ4v) is 3.00. The quantitative estimate of drug-likeness (QED) is 0.691. The zero-order valence-electron chi connectivity index (χ0n) is 15.8. The molecule has 0 saturated carbocycles. The summed E-state index contributed by atoms with van der Waals surface area (Å²) in [4.78, 5) is 12.0. The van der Waals surface area contributed by atoms with Crippen LogP contribution in [0, 0.1) is 5.92 Å². The molecule has 0 aliphatic rings. The maximum atomic E-state index is 12.0. The molecule has 0 heterocycles. The third-order valence-electron chi connectivity index (χ3n) is 4.48. The molecule has 2 aromatic carbocycles. The summed E-state index contributed by atoms with van der Waals surface area (Å²) in [7, 11) is 0. The van der Waals surface area contributed by atoms with Crippen molar-refractivity contribution in [3.63, 3.8) is 0 Å². The molecule has 4 atom stereocenters. The molecule has 2 rings (SSSR count). The van der Waals surface area contributed by atoms with Gasteiger partial charge in [-0.3, -0.25) is 4.79 Å². The monoisotopic (exact) mass is 355 g/mol. The number of esters is 1. The predicted molar refractivity (Wildman–Crippen MR) is 104 cm³/mol. The van der Waals surface area contributed by atoms with Crippen LogP contribution in [0.25, 0.3) is 0 Å². The zero-order valence-corrected chi connectivity index (χ0v) is 15.8. The van der Waals surface area contributed by atoms with Gasteiger partial charge in [-0.15, -0.1) is 0 Å². The maximum absolute atomic E-state index is 12.0. The Morgan fingerprint density at radius 3 is 2.12 bits per heavy atom. The molecule has 2 N–H and O–H groups in total. The molecule has 4 heteroatoms. The molecule has 0 aliphatic carbocycles. The molecule has 0 saturated heterocycles. The summed E-state index contributed by atoms with van der Waals surface area (Å²) in [5.41, 5.74) is 6.90. The number of ether oxygens (including phenoxy) is 2. The Labute approximate surface area is 156 Å². The molecule has 2 aromatic rings. The number of carbonyl (C=O) groups excluding carboxylic acids is 1. The Balaban J connectivity index is 2.20. The van der Waals surface area contributed by atoms with Gasteiger partial charge in [0.1, 0.15) is 24.0 Å². The second-order valence-electron chi connectivity index (χ2n) is 6.68. The second kappa shape index (κ2) is 9.97. The van der Waals surface area contributed by atoms with E-state index in [1.54, 1.807) is 6.92 Å². The van der Waals surface area contributed by atoms with Crippen molar-refractivity contribution in [3.8, 4) is 5.75 Å². The summed E-state index contributed by atoms with van der Waals surface area (Å²) in [5, 5.41) is 0. The van der Waals surface area contributed by atoms with Gasteiger partial charge in [0.25, 0.3) is 0 Å². The van der Waals surface area contributed by atoms with Gasteiger partial charge in [-0.25, -0.2) is 0 Å². The van der Waals surface area contributed by atoms with Crippen LogP contribution in [0.2, 0.25) is 0 Å². The van der Waals surface area contributed by atoms with Crippen molar-refractivity contribution in [1.29, 1.82) is 0 Å². The first-order valence-electron chi connectivity index (χ1n) is 9.23. The molecule has 4 nitrogen and oxygen atoms in total. The largest absolute Gasteiger partial charge is 0.486 e. The van der Waals surface area contributed by atoms with Gasteiger partial charge in [0.2, 0.25) is 0 Å². The standard InChI is InChI=1S/C22H29NO3/c1-4-19(15-18-11-7-5-8-12-18)21(17(3)25-22(24)16(2)23)26-20-13-9-6-10-14-20/h5-14,16-17,19,21H,4,15,23H2,1-3H3/t16-,17-,19+,21-/m0/s1. The van der Waals surface area contributed by atoms with E-state index >= 15 is 0 Å². The van der Waals surface area contributed by atoms with E-state index in [0.717, 1.165) is 18.6 Å². The Hall–Kier alpha value is -2.33. The third kappa shape index (κ3) is 5.88. The van der Waals surface area contributed by atoms with Crippen LogP contribution < -0.4 is 10.5 Å². The Morgan fingerprint density at radius 1 is 1.00 bits per heavy atom. The average Bonchev–Trinajstić information content (AvgIpc) is 2.66. The number of para-hydroxylation sites is 1. The van der Waals surface area contributed by atoms with Crippen molar-refractivity contribution in [1.82, 2.24) is 0 Å². The SMILES string of the molecule is CC[C@H](Cc1ccccc1)[C@@H](Oc1ccccc1)[C@H](C)OC(=O)[C@H](C)N. The molecule has 0 unspecified atom stereocenters. The maximum Gasteiger partial charge on any atom is 0.323 e. The van der Waals surface area contributed by atoms with Crippen molar-refractivity contribution in [2.75, 3.05) is 0 Å². The minimum Gasteiger partial charge on any atom is -0.486 e. The first-order chi connectivity index (χ1) is 12.5. The fraction of sp³-hybridized carbons (Fsp3) is 0.409. The van der Waals surface area contributed by atoms with Crippen LogP contribution in [0.5, 0.6) is 5.75 Å². The van der Waals surface area contributed by atoms with Gasteiger partial charge in [-0.1, -0.05) is 55.5 Å². The number of rotatable bonds is 9. The Morgan fingerprint density at radius 2 is 1.58 bits per heavy atom. The van der Waals surface area contributed by atoms with Crippen LogP contribution in [0.3, 0.4) is 0 Å². The van der Waals surface area contributed by atoms with Gasteiger partial charge in [0, 0.05) is 5.92 Å². The molecule has 140 valence electrons. The van der Waals surface area contributed by atoms with E-state index in [4.69, 9.17) is 15.2 Å². The van der Waals surface area contributed by atoms with Gasteiger partial charge < -0.3 is 15.2 Å². The summed E-state index contributed by atoms with van der Waals surface area (Å²) in [6, 6.07) is 19.3. The highest BCUT2D eigenvalue weighted by Gasteiger charge is 2.31. The summed E-state index contributed by atoms with van der Waals surface area (Å²) in [5.74, 6) is 0.565. The number of nitrogens with two attached hydrogens (primary N) is 1. The molecule has 0 aromatic heterocycles. The van der Waals surface area contributed by atoms with E-state index in [1.807, 2.05) is 55.5 Å². The highest BCUT2D eigenvalue weighted by atomic mass is 16.6. The summed E-state index contributed by atoms with van der Waals surface area (Å²) in [6.45, 7) is 5.64. The van der Waals surface area contributed by atoms with Crippen molar-refractivity contribution in [2.24, 2.45) is 11.7 Å². The lowest BCUT2D eigenvalue weighted by Gasteiger charge is -2.32. The number of hydrogen-bond donors (Lipinski definition) is 1. The van der Waals surface area contributed by atoms with E-state index < -0.39 is 18.1 Å². The number of hydrogen-bond acceptors (Lipinski definition) is 4. The number of carbonyl (C=O) groups is 1. The molecule has 0 aliphatic heterocycles. The first-order valence-corrected chi connectivity index (χ1v) is 9.23. The van der Waals surface area contributed by atoms with Crippen LogP contribution in [0.1, 0.15) is 32.8 Å². The third-order valence-corrected chi connectivity index (χ3v) is 4.48. The van der Waals surface area contributed by atoms with Crippen LogP contribution in [-0.4, -0.2) is 24.2 Å². The van der Waals surface area contributed by atoms with Crippen LogP contribution in [-0.2, 0) is 16.0 Å². The van der Waals surface area contributed by atoms with Crippen molar-refractivity contribution in [2.45, 2.75) is 51.9 Å². The van der Waals surface area contributed by atoms with Gasteiger partial charge >= 0.3 is 5.97 Å². The fourth-order valence-electron chi connectivity index (χ4n) is 3.00. The number of benzene rings is 2. The lowest BCUT2D eigenvalue weighted by Crippen LogP contribution is -2.43. The predicted octanol–water partition coefficient (Wildman–Crippen LogP) is 3.98. The minimum absolute atomic E-state index is 0.202. The van der Waals surface area contributed by atoms with Crippen LogP contribution in [0.4, 0.5) is 0 Å². The smallest absolute Gasteiger partial charge is 0.323 e. The Bertz CT molecular complexity index is 658. The lowest BCUT2D eigenvalue weighted by atomic mass is 9.89. The highest BCUT2D eigenvalue weighted by molar-refractivity contribution is 5.75. The molecule has 0 amide bonds.